The number of hydrogen-bond acceptors (Lipinski definition) is 3. The van der Waals surface area contributed by atoms with Crippen molar-refractivity contribution in [2.24, 2.45) is 0 Å². The molecule has 3 heteroatoms. The monoisotopic (exact) mass is 155 g/mol. The number of carbonyl (C=O) groups is 1. The summed E-state index contributed by atoms with van der Waals surface area (Å²) in [7, 11) is 0. The fourth-order valence-electron chi connectivity index (χ4n) is 0.552. The van der Waals surface area contributed by atoms with E-state index in [2.05, 4.69) is 5.38 Å². The molecule has 0 bridgehead atoms. The minimum absolute atomic E-state index is 0.288. The van der Waals surface area contributed by atoms with Gasteiger partial charge in [-0.05, 0) is 18.4 Å². The quantitative estimate of drug-likeness (QED) is 0.608. The number of thiophene rings is 1. The van der Waals surface area contributed by atoms with Gasteiger partial charge in [-0.25, -0.2) is 4.79 Å². The normalized spacial score (nSPS) is 9.30. The highest BCUT2D eigenvalue weighted by Gasteiger charge is 2.04. The molecule has 1 aromatic rings. The van der Waals surface area contributed by atoms with Crippen LogP contribution in [-0.4, -0.2) is 12.6 Å². The highest BCUT2D eigenvalue weighted by Crippen LogP contribution is 2.05. The second-order valence-electron chi connectivity index (χ2n) is 1.66. The third kappa shape index (κ3) is 1.57. The summed E-state index contributed by atoms with van der Waals surface area (Å²) in [5.41, 5.74) is 0.520. The van der Waals surface area contributed by atoms with Crippen LogP contribution in [0.5, 0.6) is 0 Å². The average Bonchev–Trinajstić information content (AvgIpc) is 2.38. The molecule has 0 fully saturated rings. The minimum Gasteiger partial charge on any atom is -0.462 e. The standard InChI is InChI=1S/C7H7O2S/c1-2-9-7(8)6-3-4-10-5-6/h3-4H,2H2,1H3. The van der Waals surface area contributed by atoms with Gasteiger partial charge in [0.05, 0.1) is 17.6 Å². The molecular formula is C7H7O2S. The lowest BCUT2D eigenvalue weighted by Gasteiger charge is -1.95. The number of hydrogen-bond donors (Lipinski definition) is 0. The molecule has 1 rings (SSSR count). The van der Waals surface area contributed by atoms with Crippen LogP contribution in [0.2, 0.25) is 0 Å². The van der Waals surface area contributed by atoms with Crippen molar-refractivity contribution in [2.75, 3.05) is 6.61 Å². The van der Waals surface area contributed by atoms with Crippen LogP contribution in [-0.2, 0) is 4.74 Å². The Morgan fingerprint density at radius 2 is 2.70 bits per heavy atom. The van der Waals surface area contributed by atoms with Crippen LogP contribution in [0, 0.1) is 5.38 Å². The smallest absolute Gasteiger partial charge is 0.339 e. The number of esters is 1. The van der Waals surface area contributed by atoms with Crippen molar-refractivity contribution in [3.05, 3.63) is 22.4 Å². The number of rotatable bonds is 2. The second-order valence-corrected chi connectivity index (χ2v) is 2.37. The molecule has 1 heterocycles. The van der Waals surface area contributed by atoms with Crippen molar-refractivity contribution >= 4 is 17.3 Å². The Labute approximate surface area is 63.4 Å². The van der Waals surface area contributed by atoms with E-state index < -0.39 is 0 Å². The van der Waals surface area contributed by atoms with Gasteiger partial charge in [0.1, 0.15) is 0 Å². The van der Waals surface area contributed by atoms with Crippen LogP contribution in [0.1, 0.15) is 17.3 Å². The Bertz CT molecular complexity index is 203. The van der Waals surface area contributed by atoms with Gasteiger partial charge in [-0.15, -0.1) is 11.3 Å². The number of carbonyl (C=O) groups excluding carboxylic acids is 1. The van der Waals surface area contributed by atoms with E-state index in [1.54, 1.807) is 18.4 Å². The molecule has 53 valence electrons. The minimum atomic E-state index is -0.288. The molecule has 10 heavy (non-hydrogen) atoms. The summed E-state index contributed by atoms with van der Waals surface area (Å²) in [4.78, 5) is 10.9. The van der Waals surface area contributed by atoms with Gasteiger partial charge in [0.25, 0.3) is 0 Å². The van der Waals surface area contributed by atoms with Crippen molar-refractivity contribution < 1.29 is 9.53 Å². The van der Waals surface area contributed by atoms with E-state index in [1.165, 1.54) is 11.3 Å². The first-order valence-corrected chi connectivity index (χ1v) is 3.85. The van der Waals surface area contributed by atoms with Gasteiger partial charge in [0, 0.05) is 0 Å². The van der Waals surface area contributed by atoms with Crippen molar-refractivity contribution in [3.8, 4) is 0 Å². The van der Waals surface area contributed by atoms with E-state index in [0.717, 1.165) is 0 Å². The van der Waals surface area contributed by atoms with Gasteiger partial charge in [0.15, 0.2) is 0 Å². The topological polar surface area (TPSA) is 26.3 Å². The Kier molecular flexibility index (Phi) is 2.45. The first-order chi connectivity index (χ1) is 4.84. The zero-order valence-electron chi connectivity index (χ0n) is 5.59. The summed E-state index contributed by atoms with van der Waals surface area (Å²) in [5.74, 6) is -0.288. The molecule has 0 atom stereocenters. The molecule has 0 unspecified atom stereocenters. The van der Waals surface area contributed by atoms with E-state index >= 15 is 0 Å². The molecule has 1 aromatic heterocycles. The Hall–Kier alpha value is -0.830. The van der Waals surface area contributed by atoms with Crippen LogP contribution >= 0.6 is 11.3 Å². The van der Waals surface area contributed by atoms with Crippen LogP contribution in [0.25, 0.3) is 0 Å². The molecule has 1 radical (unpaired) electrons. The molecule has 0 saturated heterocycles. The molecule has 0 aromatic carbocycles. The van der Waals surface area contributed by atoms with Gasteiger partial charge in [0.2, 0.25) is 0 Å². The molecule has 0 N–H and O–H groups in total. The number of ether oxygens (including phenoxy) is 1. The van der Waals surface area contributed by atoms with Gasteiger partial charge in [-0.3, -0.25) is 0 Å². The van der Waals surface area contributed by atoms with Crippen molar-refractivity contribution in [1.29, 1.82) is 0 Å². The molecule has 0 aliphatic rings. The Morgan fingerprint density at radius 1 is 1.90 bits per heavy atom. The van der Waals surface area contributed by atoms with Crippen molar-refractivity contribution in [1.82, 2.24) is 0 Å². The average molecular weight is 155 g/mol. The van der Waals surface area contributed by atoms with Gasteiger partial charge < -0.3 is 4.74 Å². The molecule has 0 aliphatic carbocycles. The SMILES string of the molecule is CCOC(=O)c1[c]scc1. The lowest BCUT2D eigenvalue weighted by molar-refractivity contribution is 0.0526. The Balaban J connectivity index is 2.59. The predicted molar refractivity (Wildman–Crippen MR) is 39.1 cm³/mol. The second kappa shape index (κ2) is 3.37. The highest BCUT2D eigenvalue weighted by molar-refractivity contribution is 7.07. The fourth-order valence-corrected chi connectivity index (χ4v) is 1.10. The molecule has 0 aliphatic heterocycles. The summed E-state index contributed by atoms with van der Waals surface area (Å²) in [6, 6.07) is 1.70. The molecular weight excluding hydrogens is 148 g/mol. The van der Waals surface area contributed by atoms with Gasteiger partial charge >= 0.3 is 5.97 Å². The zero-order valence-corrected chi connectivity index (χ0v) is 6.40. The highest BCUT2D eigenvalue weighted by atomic mass is 32.1. The maximum atomic E-state index is 10.9. The first-order valence-electron chi connectivity index (χ1n) is 2.97. The maximum absolute atomic E-state index is 10.9. The summed E-state index contributed by atoms with van der Waals surface area (Å²) in [5, 5.41) is 4.59. The van der Waals surface area contributed by atoms with E-state index in [0.29, 0.717) is 12.2 Å². The summed E-state index contributed by atoms with van der Waals surface area (Å²) >= 11 is 1.37. The summed E-state index contributed by atoms with van der Waals surface area (Å²) in [6.45, 7) is 2.20. The molecule has 2 nitrogen and oxygen atoms in total. The predicted octanol–water partition coefficient (Wildman–Crippen LogP) is 1.72. The van der Waals surface area contributed by atoms with Crippen molar-refractivity contribution in [3.63, 3.8) is 0 Å². The molecule has 0 amide bonds. The van der Waals surface area contributed by atoms with E-state index in [9.17, 15) is 4.79 Å². The fraction of sp³-hybridized carbons (Fsp3) is 0.286. The Morgan fingerprint density at radius 3 is 3.20 bits per heavy atom. The third-order valence-electron chi connectivity index (χ3n) is 0.967. The van der Waals surface area contributed by atoms with Crippen LogP contribution in [0.3, 0.4) is 0 Å². The maximum Gasteiger partial charge on any atom is 0.339 e. The largest absolute Gasteiger partial charge is 0.462 e. The lowest BCUT2D eigenvalue weighted by atomic mass is 10.3. The summed E-state index contributed by atoms with van der Waals surface area (Å²) < 4.78 is 4.72. The van der Waals surface area contributed by atoms with Gasteiger partial charge in [-0.2, -0.15) is 0 Å². The van der Waals surface area contributed by atoms with E-state index in [-0.39, 0.29) is 5.97 Å². The molecule has 0 spiro atoms. The van der Waals surface area contributed by atoms with Crippen molar-refractivity contribution in [2.45, 2.75) is 6.92 Å². The van der Waals surface area contributed by atoms with Gasteiger partial charge in [-0.1, -0.05) is 0 Å². The van der Waals surface area contributed by atoms with Crippen LogP contribution in [0.15, 0.2) is 11.4 Å². The van der Waals surface area contributed by atoms with E-state index in [4.69, 9.17) is 4.74 Å². The van der Waals surface area contributed by atoms with E-state index in [1.807, 2.05) is 0 Å². The first kappa shape index (κ1) is 7.28. The lowest BCUT2D eigenvalue weighted by Crippen LogP contribution is -2.02. The van der Waals surface area contributed by atoms with Crippen LogP contribution < -0.4 is 0 Å². The zero-order chi connectivity index (χ0) is 7.40. The molecule has 0 saturated carbocycles. The summed E-state index contributed by atoms with van der Waals surface area (Å²) in [6.07, 6.45) is 0. The van der Waals surface area contributed by atoms with Crippen LogP contribution in [0.4, 0.5) is 0 Å². The third-order valence-corrected chi connectivity index (χ3v) is 1.58.